The summed E-state index contributed by atoms with van der Waals surface area (Å²) in [5.74, 6) is 2.98. The summed E-state index contributed by atoms with van der Waals surface area (Å²) in [7, 11) is -3.48. The lowest BCUT2D eigenvalue weighted by molar-refractivity contribution is -0.121. The summed E-state index contributed by atoms with van der Waals surface area (Å²) in [5.41, 5.74) is 0.375. The van der Waals surface area contributed by atoms with Crippen molar-refractivity contribution in [3.63, 3.8) is 0 Å². The van der Waals surface area contributed by atoms with Gasteiger partial charge >= 0.3 is 0 Å². The zero-order valence-corrected chi connectivity index (χ0v) is 14.9. The summed E-state index contributed by atoms with van der Waals surface area (Å²) in [6.07, 6.45) is 11.6. The fourth-order valence-electron chi connectivity index (χ4n) is 5.78. The first-order valence-corrected chi connectivity index (χ1v) is 10.9. The molecular formula is C18H23N3O3S. The number of nitrogens with one attached hydrogen (secondary N) is 1. The minimum atomic E-state index is -3.48. The highest BCUT2D eigenvalue weighted by Crippen LogP contribution is 2.53. The standard InChI is InChI=1S/C18H23N3O3S/c22-18(15-2-1-3-21-4-5-25(23,24)20-17(15)21)19-16-13-7-11-6-12(9-13)10-14(16)8-11/h1-3,11-14,16H,4-10H2,(H,19,22). The third kappa shape index (κ3) is 2.63. The molecule has 0 radical (unpaired) electrons. The average Bonchev–Trinajstić information content (AvgIpc) is 2.56. The summed E-state index contributed by atoms with van der Waals surface area (Å²) in [4.78, 5) is 14.7. The molecule has 7 heteroatoms. The number of carbonyl (C=O) groups is 1. The van der Waals surface area contributed by atoms with Crippen LogP contribution in [0.3, 0.4) is 0 Å². The van der Waals surface area contributed by atoms with E-state index in [0.717, 1.165) is 11.8 Å². The summed E-state index contributed by atoms with van der Waals surface area (Å²) in [5, 5.41) is 3.25. The van der Waals surface area contributed by atoms with E-state index in [2.05, 4.69) is 9.71 Å². The van der Waals surface area contributed by atoms with Crippen LogP contribution in [-0.4, -0.2) is 43.4 Å². The number of nitrogens with zero attached hydrogens (tertiary/aromatic N) is 2. The highest BCUT2D eigenvalue weighted by Gasteiger charge is 2.49. The van der Waals surface area contributed by atoms with Gasteiger partial charge in [0.1, 0.15) is 0 Å². The molecule has 25 heavy (non-hydrogen) atoms. The van der Waals surface area contributed by atoms with Crippen molar-refractivity contribution in [1.29, 1.82) is 0 Å². The van der Waals surface area contributed by atoms with Crippen LogP contribution in [0.5, 0.6) is 0 Å². The molecule has 2 aliphatic heterocycles. The smallest absolute Gasteiger partial charge is 0.256 e. The second-order valence-corrected chi connectivity index (χ2v) is 10.0. The van der Waals surface area contributed by atoms with Crippen molar-refractivity contribution >= 4 is 21.8 Å². The molecule has 0 atom stereocenters. The van der Waals surface area contributed by atoms with Gasteiger partial charge in [-0.25, -0.2) is 8.42 Å². The largest absolute Gasteiger partial charge is 0.349 e. The Hall–Kier alpha value is -1.63. The second kappa shape index (κ2) is 5.43. The number of fused-ring (bicyclic) bond motifs is 1. The molecule has 4 bridgehead atoms. The molecule has 0 aromatic carbocycles. The topological polar surface area (TPSA) is 78.8 Å². The lowest BCUT2D eigenvalue weighted by Gasteiger charge is -2.54. The maximum absolute atomic E-state index is 12.9. The van der Waals surface area contributed by atoms with E-state index in [1.54, 1.807) is 23.3 Å². The molecule has 0 aromatic rings. The average molecular weight is 361 g/mol. The van der Waals surface area contributed by atoms with Crippen molar-refractivity contribution in [3.8, 4) is 0 Å². The Kier molecular flexibility index (Phi) is 3.39. The third-order valence-electron chi connectivity index (χ3n) is 6.63. The van der Waals surface area contributed by atoms with Crippen LogP contribution in [0.1, 0.15) is 32.1 Å². The van der Waals surface area contributed by atoms with Crippen molar-refractivity contribution in [1.82, 2.24) is 10.2 Å². The molecule has 0 spiro atoms. The van der Waals surface area contributed by atoms with Gasteiger partial charge in [0.25, 0.3) is 15.9 Å². The van der Waals surface area contributed by atoms with E-state index >= 15 is 0 Å². The van der Waals surface area contributed by atoms with Gasteiger partial charge in [-0.15, -0.1) is 4.40 Å². The maximum atomic E-state index is 12.9. The quantitative estimate of drug-likeness (QED) is 0.807. The van der Waals surface area contributed by atoms with Gasteiger partial charge in [0.15, 0.2) is 5.84 Å². The van der Waals surface area contributed by atoms with Crippen molar-refractivity contribution in [2.24, 2.45) is 28.1 Å². The van der Waals surface area contributed by atoms with Gasteiger partial charge in [-0.1, -0.05) is 0 Å². The Morgan fingerprint density at radius 3 is 2.48 bits per heavy atom. The molecule has 0 aromatic heterocycles. The molecule has 4 fully saturated rings. The minimum Gasteiger partial charge on any atom is -0.349 e. The van der Waals surface area contributed by atoms with E-state index in [4.69, 9.17) is 0 Å². The molecule has 4 aliphatic carbocycles. The van der Waals surface area contributed by atoms with E-state index < -0.39 is 10.0 Å². The van der Waals surface area contributed by atoms with Crippen LogP contribution >= 0.6 is 0 Å². The van der Waals surface area contributed by atoms with Crippen molar-refractivity contribution in [2.75, 3.05) is 12.3 Å². The first-order chi connectivity index (χ1) is 12.0. The van der Waals surface area contributed by atoms with Crippen LogP contribution in [0.25, 0.3) is 0 Å². The second-order valence-electron chi connectivity index (χ2n) is 8.25. The molecule has 2 heterocycles. The number of carbonyl (C=O) groups excluding carboxylic acids is 1. The van der Waals surface area contributed by atoms with Crippen molar-refractivity contribution < 1.29 is 13.2 Å². The van der Waals surface area contributed by atoms with E-state index in [0.29, 0.717) is 24.0 Å². The molecule has 1 N–H and O–H groups in total. The van der Waals surface area contributed by atoms with E-state index in [-0.39, 0.29) is 23.5 Å². The van der Waals surface area contributed by atoms with Crippen LogP contribution in [0.15, 0.2) is 28.3 Å². The number of amidine groups is 1. The minimum absolute atomic E-state index is 0.00864. The summed E-state index contributed by atoms with van der Waals surface area (Å²) < 4.78 is 27.6. The van der Waals surface area contributed by atoms with Gasteiger partial charge in [-0.05, 0) is 67.9 Å². The highest BCUT2D eigenvalue weighted by atomic mass is 32.2. The Labute approximate surface area is 148 Å². The SMILES string of the molecule is O=C(NC1C2CC3CC(C2)CC1C3)C1=CC=CN2CCS(=O)(=O)N=C12. The number of sulfonamides is 1. The normalized spacial score (nSPS) is 40.3. The molecule has 0 saturated heterocycles. The van der Waals surface area contributed by atoms with Gasteiger partial charge in [-0.3, -0.25) is 4.79 Å². The Bertz CT molecular complexity index is 783. The van der Waals surface area contributed by atoms with Crippen LogP contribution < -0.4 is 5.32 Å². The fourth-order valence-corrected chi connectivity index (χ4v) is 6.77. The van der Waals surface area contributed by atoms with E-state index in [9.17, 15) is 13.2 Å². The Morgan fingerprint density at radius 2 is 1.80 bits per heavy atom. The summed E-state index contributed by atoms with van der Waals surface area (Å²) in [6.45, 7) is 0.348. The van der Waals surface area contributed by atoms with Gasteiger partial charge in [0, 0.05) is 18.8 Å². The van der Waals surface area contributed by atoms with Crippen LogP contribution in [-0.2, 0) is 14.8 Å². The van der Waals surface area contributed by atoms with Gasteiger partial charge < -0.3 is 10.2 Å². The number of allylic oxidation sites excluding steroid dienone is 2. The van der Waals surface area contributed by atoms with Crippen LogP contribution in [0, 0.1) is 23.7 Å². The first-order valence-electron chi connectivity index (χ1n) is 9.27. The zero-order valence-electron chi connectivity index (χ0n) is 14.1. The third-order valence-corrected chi connectivity index (χ3v) is 7.78. The molecule has 0 unspecified atom stereocenters. The van der Waals surface area contributed by atoms with E-state index in [1.807, 2.05) is 0 Å². The molecule has 6 aliphatic rings. The van der Waals surface area contributed by atoms with Gasteiger partial charge in [0.2, 0.25) is 0 Å². The van der Waals surface area contributed by atoms with Crippen molar-refractivity contribution in [3.05, 3.63) is 23.9 Å². The predicted molar refractivity (Wildman–Crippen MR) is 94.1 cm³/mol. The summed E-state index contributed by atoms with van der Waals surface area (Å²) >= 11 is 0. The Morgan fingerprint density at radius 1 is 1.12 bits per heavy atom. The molecule has 4 saturated carbocycles. The molecule has 134 valence electrons. The fraction of sp³-hybridized carbons (Fsp3) is 0.667. The van der Waals surface area contributed by atoms with E-state index in [1.165, 1.54) is 32.1 Å². The lowest BCUT2D eigenvalue weighted by atomic mass is 9.54. The number of hydrogen-bond donors (Lipinski definition) is 1. The van der Waals surface area contributed by atoms with Gasteiger partial charge in [-0.2, -0.15) is 0 Å². The molecule has 6 nitrogen and oxygen atoms in total. The Balaban J connectivity index is 1.38. The maximum Gasteiger partial charge on any atom is 0.256 e. The number of amides is 1. The predicted octanol–water partition coefficient (Wildman–Crippen LogP) is 1.42. The molecule has 6 rings (SSSR count). The highest BCUT2D eigenvalue weighted by molar-refractivity contribution is 7.90. The first kappa shape index (κ1) is 15.6. The summed E-state index contributed by atoms with van der Waals surface area (Å²) in [6, 6.07) is 0.237. The molecular weight excluding hydrogens is 338 g/mol. The monoisotopic (exact) mass is 361 g/mol. The number of rotatable bonds is 2. The molecule has 1 amide bonds. The number of hydrogen-bond acceptors (Lipinski definition) is 4. The zero-order chi connectivity index (χ0) is 17.2. The van der Waals surface area contributed by atoms with Crippen LogP contribution in [0.2, 0.25) is 0 Å². The van der Waals surface area contributed by atoms with Crippen LogP contribution in [0.4, 0.5) is 0 Å². The lowest BCUT2D eigenvalue weighted by Crippen LogP contribution is -2.56. The van der Waals surface area contributed by atoms with Gasteiger partial charge in [0.05, 0.1) is 11.3 Å². The van der Waals surface area contributed by atoms with Crippen molar-refractivity contribution in [2.45, 2.75) is 38.1 Å².